The smallest absolute Gasteiger partial charge is 0.286 e. The maximum absolute atomic E-state index is 10.6. The number of rotatable bonds is 4. The molecule has 0 aliphatic carbocycles. The lowest BCUT2D eigenvalue weighted by atomic mass is 10.0. The maximum Gasteiger partial charge on any atom is 0.539 e. The van der Waals surface area contributed by atoms with E-state index in [2.05, 4.69) is 0 Å². The highest BCUT2D eigenvalue weighted by atomic mass is 16.7. The molecule has 0 bridgehead atoms. The van der Waals surface area contributed by atoms with Gasteiger partial charge < -0.3 is 0 Å². The van der Waals surface area contributed by atoms with Gasteiger partial charge >= 0.3 is 5.66 Å². The van der Waals surface area contributed by atoms with E-state index in [-0.39, 0.29) is 11.8 Å². The molecule has 0 atom stereocenters. The average Bonchev–Trinajstić information content (AvgIpc) is 2.20. The standard InChI is InChI=1S/C8H6N2O5/c11-6-8(9(12)13,10(14)15)7-4-2-1-3-5-7/h1-6H. The molecule has 0 saturated carbocycles. The van der Waals surface area contributed by atoms with Gasteiger partial charge in [-0.15, -0.1) is 0 Å². The van der Waals surface area contributed by atoms with E-state index in [0.29, 0.717) is 0 Å². The van der Waals surface area contributed by atoms with Crippen molar-refractivity contribution in [3.05, 3.63) is 56.1 Å². The minimum Gasteiger partial charge on any atom is -0.286 e. The lowest BCUT2D eigenvalue weighted by Crippen LogP contribution is -2.44. The fraction of sp³-hybridized carbons (Fsp3) is 0.125. The third-order valence-electron chi connectivity index (χ3n) is 1.92. The number of nitro groups is 2. The largest absolute Gasteiger partial charge is 0.539 e. The van der Waals surface area contributed by atoms with Crippen LogP contribution in [0, 0.1) is 20.2 Å². The molecule has 0 amide bonds. The van der Waals surface area contributed by atoms with Crippen LogP contribution in [0.25, 0.3) is 0 Å². The fourth-order valence-corrected chi connectivity index (χ4v) is 1.12. The van der Waals surface area contributed by atoms with Crippen LogP contribution >= 0.6 is 0 Å². The van der Waals surface area contributed by atoms with Crippen LogP contribution in [0.2, 0.25) is 0 Å². The zero-order chi connectivity index (χ0) is 11.5. The molecular weight excluding hydrogens is 204 g/mol. The van der Waals surface area contributed by atoms with E-state index >= 15 is 0 Å². The van der Waals surface area contributed by atoms with Crippen LogP contribution < -0.4 is 0 Å². The molecule has 0 spiro atoms. The summed E-state index contributed by atoms with van der Waals surface area (Å²) in [4.78, 5) is 29.5. The minimum absolute atomic E-state index is 0.269. The molecule has 7 heteroatoms. The Balaban J connectivity index is 3.42. The normalized spacial score (nSPS) is 10.7. The Hall–Kier alpha value is -2.31. The van der Waals surface area contributed by atoms with Crippen LogP contribution in [0.15, 0.2) is 30.3 Å². The second-order valence-electron chi connectivity index (χ2n) is 2.72. The minimum atomic E-state index is -2.90. The van der Waals surface area contributed by atoms with Gasteiger partial charge in [-0.2, -0.15) is 0 Å². The van der Waals surface area contributed by atoms with Gasteiger partial charge in [-0.25, -0.2) is 0 Å². The highest BCUT2D eigenvalue weighted by molar-refractivity contribution is 5.62. The molecule has 7 nitrogen and oxygen atoms in total. The van der Waals surface area contributed by atoms with Crippen LogP contribution in [0.5, 0.6) is 0 Å². The molecule has 15 heavy (non-hydrogen) atoms. The molecule has 78 valence electrons. The van der Waals surface area contributed by atoms with Gasteiger partial charge in [0.05, 0.1) is 0 Å². The summed E-state index contributed by atoms with van der Waals surface area (Å²) in [6.45, 7) is 0. The number of carbonyl (C=O) groups excluding carboxylic acids is 1. The Morgan fingerprint density at radius 2 is 1.53 bits per heavy atom. The van der Waals surface area contributed by atoms with E-state index in [1.807, 2.05) is 0 Å². The van der Waals surface area contributed by atoms with E-state index in [0.717, 1.165) is 0 Å². The molecule has 0 N–H and O–H groups in total. The Labute approximate surface area is 83.6 Å². The Bertz CT molecular complexity index is 389. The number of carbonyl (C=O) groups is 1. The van der Waals surface area contributed by atoms with Crippen molar-refractivity contribution in [1.29, 1.82) is 0 Å². The van der Waals surface area contributed by atoms with E-state index in [9.17, 15) is 25.0 Å². The lowest BCUT2D eigenvalue weighted by Gasteiger charge is -2.10. The van der Waals surface area contributed by atoms with E-state index < -0.39 is 15.5 Å². The zero-order valence-electron chi connectivity index (χ0n) is 7.40. The van der Waals surface area contributed by atoms with Crippen LogP contribution in [0.4, 0.5) is 0 Å². The monoisotopic (exact) mass is 210 g/mol. The summed E-state index contributed by atoms with van der Waals surface area (Å²) in [6.07, 6.45) is -0.275. The van der Waals surface area contributed by atoms with Crippen LogP contribution in [0.1, 0.15) is 5.56 Å². The molecule has 0 fully saturated rings. The van der Waals surface area contributed by atoms with Crippen LogP contribution in [-0.4, -0.2) is 16.1 Å². The quantitative estimate of drug-likeness (QED) is 0.313. The van der Waals surface area contributed by atoms with Gasteiger partial charge in [-0.05, 0) is 12.1 Å². The summed E-state index contributed by atoms with van der Waals surface area (Å²) in [6, 6.07) is 6.65. The first-order chi connectivity index (χ1) is 7.05. The van der Waals surface area contributed by atoms with Gasteiger partial charge in [-0.1, -0.05) is 18.2 Å². The highest BCUT2D eigenvalue weighted by Crippen LogP contribution is 2.22. The summed E-state index contributed by atoms with van der Waals surface area (Å²) < 4.78 is 0. The van der Waals surface area contributed by atoms with Crippen molar-refractivity contribution in [2.24, 2.45) is 0 Å². The lowest BCUT2D eigenvalue weighted by molar-refractivity contribution is -0.786. The summed E-state index contributed by atoms with van der Waals surface area (Å²) in [5.74, 6) is 0. The molecule has 0 unspecified atom stereocenters. The van der Waals surface area contributed by atoms with Gasteiger partial charge in [-0.3, -0.25) is 25.0 Å². The molecule has 0 aromatic heterocycles. The number of hydrogen-bond acceptors (Lipinski definition) is 5. The van der Waals surface area contributed by atoms with Crippen LogP contribution in [-0.2, 0) is 10.5 Å². The second kappa shape index (κ2) is 3.82. The number of nitrogens with zero attached hydrogens (tertiary/aromatic N) is 2. The molecule has 1 aromatic carbocycles. The Morgan fingerprint density at radius 1 is 1.07 bits per heavy atom. The van der Waals surface area contributed by atoms with Gasteiger partial charge in [0.1, 0.15) is 15.4 Å². The van der Waals surface area contributed by atoms with Crippen molar-refractivity contribution >= 4 is 6.29 Å². The molecule has 0 saturated heterocycles. The topological polar surface area (TPSA) is 103 Å². The van der Waals surface area contributed by atoms with Crippen LogP contribution in [0.3, 0.4) is 0 Å². The van der Waals surface area contributed by atoms with Crippen molar-refractivity contribution in [1.82, 2.24) is 0 Å². The van der Waals surface area contributed by atoms with Gasteiger partial charge in [0.2, 0.25) is 0 Å². The second-order valence-corrected chi connectivity index (χ2v) is 2.72. The van der Waals surface area contributed by atoms with Crippen molar-refractivity contribution in [2.75, 3.05) is 0 Å². The van der Waals surface area contributed by atoms with E-state index in [1.54, 1.807) is 6.07 Å². The highest BCUT2D eigenvalue weighted by Gasteiger charge is 2.58. The predicted molar refractivity (Wildman–Crippen MR) is 48.2 cm³/mol. The number of benzene rings is 1. The first kappa shape index (κ1) is 10.8. The number of hydrogen-bond donors (Lipinski definition) is 0. The summed E-state index contributed by atoms with van der Waals surface area (Å²) in [7, 11) is 0. The molecule has 0 aliphatic rings. The molecule has 1 rings (SSSR count). The summed E-state index contributed by atoms with van der Waals surface area (Å²) in [5, 5.41) is 21.3. The fourth-order valence-electron chi connectivity index (χ4n) is 1.12. The first-order valence-electron chi connectivity index (χ1n) is 3.86. The van der Waals surface area contributed by atoms with Crippen molar-refractivity contribution in [3.8, 4) is 0 Å². The first-order valence-corrected chi connectivity index (χ1v) is 3.86. The third kappa shape index (κ3) is 1.54. The molecule has 0 radical (unpaired) electrons. The molecule has 0 heterocycles. The molecule has 1 aromatic rings. The maximum atomic E-state index is 10.6. The average molecular weight is 210 g/mol. The SMILES string of the molecule is O=CC(c1ccccc1)([N+](=O)[O-])[N+](=O)[O-]. The van der Waals surface area contributed by atoms with Crippen molar-refractivity contribution in [2.45, 2.75) is 5.66 Å². The van der Waals surface area contributed by atoms with E-state index in [4.69, 9.17) is 0 Å². The summed E-state index contributed by atoms with van der Waals surface area (Å²) in [5.41, 5.74) is -3.17. The van der Waals surface area contributed by atoms with Gasteiger partial charge in [0.25, 0.3) is 6.29 Å². The predicted octanol–water partition coefficient (Wildman–Crippen LogP) is 0.592. The van der Waals surface area contributed by atoms with Crippen molar-refractivity contribution < 1.29 is 14.6 Å². The van der Waals surface area contributed by atoms with Gasteiger partial charge in [0.15, 0.2) is 0 Å². The van der Waals surface area contributed by atoms with Crippen molar-refractivity contribution in [3.63, 3.8) is 0 Å². The van der Waals surface area contributed by atoms with Gasteiger partial charge in [0, 0.05) is 0 Å². The number of aldehydes is 1. The summed E-state index contributed by atoms with van der Waals surface area (Å²) >= 11 is 0. The molecule has 0 aliphatic heterocycles. The zero-order valence-corrected chi connectivity index (χ0v) is 7.40. The third-order valence-corrected chi connectivity index (χ3v) is 1.92. The Kier molecular flexibility index (Phi) is 2.75. The Morgan fingerprint density at radius 3 is 1.87 bits per heavy atom. The van der Waals surface area contributed by atoms with E-state index in [1.165, 1.54) is 24.3 Å². The molecular formula is C8H6N2O5.